The van der Waals surface area contributed by atoms with E-state index in [4.69, 9.17) is 4.84 Å². The number of aliphatic hydroxyl groups excluding tert-OH is 1. The summed E-state index contributed by atoms with van der Waals surface area (Å²) in [7, 11) is 0. The number of benzene rings is 2. The van der Waals surface area contributed by atoms with Crippen molar-refractivity contribution in [3.8, 4) is 0 Å². The number of aliphatic hydroxyl groups is 1. The lowest BCUT2D eigenvalue weighted by Gasteiger charge is -2.17. The highest BCUT2D eigenvalue weighted by atomic mass is 32.2. The summed E-state index contributed by atoms with van der Waals surface area (Å²) in [6.07, 6.45) is 4.45. The average Bonchev–Trinajstić information content (AvgIpc) is 3.25. The van der Waals surface area contributed by atoms with E-state index in [1.54, 1.807) is 36.0 Å². The van der Waals surface area contributed by atoms with Crippen LogP contribution in [0.2, 0.25) is 0 Å². The molecule has 5 heteroatoms. The molecule has 0 radical (unpaired) electrons. The minimum atomic E-state index is -0.871. The van der Waals surface area contributed by atoms with Crippen LogP contribution in [0.15, 0.2) is 64.6 Å². The number of thioether (sulfide) groups is 1. The van der Waals surface area contributed by atoms with Gasteiger partial charge in [0, 0.05) is 4.90 Å². The monoisotopic (exact) mass is 397 g/mol. The Morgan fingerprint density at radius 2 is 1.82 bits per heavy atom. The molecule has 4 nitrogen and oxygen atoms in total. The highest BCUT2D eigenvalue weighted by Crippen LogP contribution is 2.31. The molecule has 2 aromatic carbocycles. The number of carbonyl (C=O) groups excluding carboxylic acids is 1. The summed E-state index contributed by atoms with van der Waals surface area (Å²) in [5, 5.41) is 15.0. The topological polar surface area (TPSA) is 58.9 Å². The Morgan fingerprint density at radius 1 is 1.14 bits per heavy atom. The third kappa shape index (κ3) is 5.69. The van der Waals surface area contributed by atoms with Gasteiger partial charge in [-0.2, -0.15) is 0 Å². The zero-order valence-corrected chi connectivity index (χ0v) is 17.0. The van der Waals surface area contributed by atoms with Gasteiger partial charge in [-0.25, -0.2) is 4.79 Å². The third-order valence-corrected chi connectivity index (χ3v) is 5.94. The van der Waals surface area contributed by atoms with E-state index in [2.05, 4.69) is 12.1 Å². The van der Waals surface area contributed by atoms with Crippen LogP contribution in [0.4, 0.5) is 0 Å². The van der Waals surface area contributed by atoms with E-state index >= 15 is 0 Å². The van der Waals surface area contributed by atoms with Crippen molar-refractivity contribution in [2.45, 2.75) is 50.0 Å². The molecule has 0 bridgehead atoms. The number of hydrogen-bond acceptors (Lipinski definition) is 5. The smallest absolute Gasteiger partial charge is 0.365 e. The molecule has 1 unspecified atom stereocenters. The van der Waals surface area contributed by atoms with Crippen molar-refractivity contribution in [2.24, 2.45) is 11.1 Å². The number of rotatable bonds is 8. The van der Waals surface area contributed by atoms with E-state index in [-0.39, 0.29) is 0 Å². The van der Waals surface area contributed by atoms with Gasteiger partial charge in [-0.1, -0.05) is 68.1 Å². The summed E-state index contributed by atoms with van der Waals surface area (Å²) < 4.78 is 0. The van der Waals surface area contributed by atoms with Crippen molar-refractivity contribution in [2.75, 3.05) is 5.75 Å². The second kappa shape index (κ2) is 10.4. The molecule has 0 spiro atoms. The van der Waals surface area contributed by atoms with E-state index < -0.39 is 12.1 Å². The maximum absolute atomic E-state index is 12.2. The molecule has 0 heterocycles. The van der Waals surface area contributed by atoms with Gasteiger partial charge in [-0.15, -0.1) is 11.8 Å². The zero-order valence-electron chi connectivity index (χ0n) is 16.2. The van der Waals surface area contributed by atoms with Crippen molar-refractivity contribution in [1.29, 1.82) is 0 Å². The number of nitrogens with zero attached hydrogens (tertiary/aromatic N) is 1. The van der Waals surface area contributed by atoms with Crippen LogP contribution in [-0.2, 0) is 4.84 Å². The van der Waals surface area contributed by atoms with Crippen LogP contribution in [0.3, 0.4) is 0 Å². The highest BCUT2D eigenvalue weighted by molar-refractivity contribution is 7.99. The first-order valence-electron chi connectivity index (χ1n) is 9.91. The molecule has 0 saturated heterocycles. The van der Waals surface area contributed by atoms with Gasteiger partial charge in [0.1, 0.15) is 6.10 Å². The van der Waals surface area contributed by atoms with Gasteiger partial charge < -0.3 is 9.94 Å². The Balaban J connectivity index is 1.75. The van der Waals surface area contributed by atoms with Gasteiger partial charge in [-0.05, 0) is 47.9 Å². The number of carbonyl (C=O) groups is 1. The van der Waals surface area contributed by atoms with Gasteiger partial charge in [0.15, 0.2) is 0 Å². The summed E-state index contributed by atoms with van der Waals surface area (Å²) in [5.41, 5.74) is 1.74. The Labute approximate surface area is 171 Å². The second-order valence-electron chi connectivity index (χ2n) is 7.09. The van der Waals surface area contributed by atoms with Crippen molar-refractivity contribution in [3.05, 3.63) is 65.7 Å². The Morgan fingerprint density at radius 3 is 2.46 bits per heavy atom. The molecule has 148 valence electrons. The third-order valence-electron chi connectivity index (χ3n) is 5.05. The number of hydrogen-bond donors (Lipinski definition) is 1. The lowest BCUT2D eigenvalue weighted by atomic mass is 9.94. The first-order chi connectivity index (χ1) is 13.7. The van der Waals surface area contributed by atoms with Crippen molar-refractivity contribution in [3.63, 3.8) is 0 Å². The summed E-state index contributed by atoms with van der Waals surface area (Å²) in [5.74, 6) is 0.983. The van der Waals surface area contributed by atoms with Crippen molar-refractivity contribution in [1.82, 2.24) is 0 Å². The molecule has 0 aromatic heterocycles. The van der Waals surface area contributed by atoms with E-state index in [0.717, 1.165) is 24.2 Å². The van der Waals surface area contributed by atoms with Crippen LogP contribution in [0.25, 0.3) is 0 Å². The Hall–Kier alpha value is -2.11. The predicted molar refractivity (Wildman–Crippen MR) is 114 cm³/mol. The molecule has 3 rings (SSSR count). The molecule has 0 aliphatic heterocycles. The fraction of sp³-hybridized carbons (Fsp3) is 0.391. The zero-order chi connectivity index (χ0) is 19.8. The molecule has 1 aliphatic carbocycles. The molecule has 1 N–H and O–H groups in total. The van der Waals surface area contributed by atoms with Crippen LogP contribution >= 0.6 is 11.8 Å². The van der Waals surface area contributed by atoms with E-state index in [9.17, 15) is 9.90 Å². The summed E-state index contributed by atoms with van der Waals surface area (Å²) in [6, 6.07) is 16.7. The molecule has 28 heavy (non-hydrogen) atoms. The van der Waals surface area contributed by atoms with Crippen LogP contribution in [0.1, 0.15) is 61.1 Å². The van der Waals surface area contributed by atoms with E-state index in [1.165, 1.54) is 17.7 Å². The summed E-state index contributed by atoms with van der Waals surface area (Å²) >= 11 is 1.76. The summed E-state index contributed by atoms with van der Waals surface area (Å²) in [4.78, 5) is 18.6. The Bertz CT molecular complexity index is 783. The second-order valence-corrected chi connectivity index (χ2v) is 8.42. The Kier molecular flexibility index (Phi) is 7.69. The maximum Gasteiger partial charge on any atom is 0.365 e. The van der Waals surface area contributed by atoms with Gasteiger partial charge in [0.25, 0.3) is 0 Å². The van der Waals surface area contributed by atoms with E-state index in [0.29, 0.717) is 23.6 Å². The molecule has 0 amide bonds. The number of oxime groups is 1. The maximum atomic E-state index is 12.2. The lowest BCUT2D eigenvalue weighted by Crippen LogP contribution is -2.17. The minimum absolute atomic E-state index is 0.446. The minimum Gasteiger partial charge on any atom is -0.382 e. The van der Waals surface area contributed by atoms with Gasteiger partial charge in [0.05, 0.1) is 11.3 Å². The fourth-order valence-electron chi connectivity index (χ4n) is 3.54. The standard InChI is InChI=1S/C23H27NO3S/c1-2-28-20-14-12-18(13-15-20)22(25)21(16-17-8-6-7-9-17)24-27-23(26)19-10-4-3-5-11-19/h3-5,10-15,17,22,25H,2,6-9,16H2,1H3/b24-21+. The van der Waals surface area contributed by atoms with Crippen LogP contribution in [-0.4, -0.2) is 22.5 Å². The quantitative estimate of drug-likeness (QED) is 0.272. The first kappa shape index (κ1) is 20.6. The molecule has 1 atom stereocenters. The normalized spacial score (nSPS) is 16.1. The molecular formula is C23H27NO3S. The van der Waals surface area contributed by atoms with Crippen molar-refractivity contribution >= 4 is 23.4 Å². The largest absolute Gasteiger partial charge is 0.382 e. The first-order valence-corrected chi connectivity index (χ1v) is 10.9. The highest BCUT2D eigenvalue weighted by Gasteiger charge is 2.24. The van der Waals surface area contributed by atoms with Crippen LogP contribution in [0.5, 0.6) is 0 Å². The van der Waals surface area contributed by atoms with Gasteiger partial charge in [0.2, 0.25) is 0 Å². The molecule has 1 aliphatic rings. The molecule has 1 saturated carbocycles. The lowest BCUT2D eigenvalue weighted by molar-refractivity contribution is 0.0508. The molecule has 2 aromatic rings. The molecular weight excluding hydrogens is 370 g/mol. The van der Waals surface area contributed by atoms with Gasteiger partial charge >= 0.3 is 5.97 Å². The fourth-order valence-corrected chi connectivity index (χ4v) is 4.20. The van der Waals surface area contributed by atoms with Crippen LogP contribution in [0, 0.1) is 5.92 Å². The SMILES string of the molecule is CCSc1ccc(C(O)/C(CC2CCCC2)=N/OC(=O)c2ccccc2)cc1. The predicted octanol–water partition coefficient (Wildman–Crippen LogP) is 5.63. The van der Waals surface area contributed by atoms with Crippen molar-refractivity contribution < 1.29 is 14.7 Å². The summed E-state index contributed by atoms with van der Waals surface area (Å²) in [6.45, 7) is 2.11. The van der Waals surface area contributed by atoms with Gasteiger partial charge in [-0.3, -0.25) is 0 Å². The molecule has 1 fully saturated rings. The average molecular weight is 398 g/mol. The van der Waals surface area contributed by atoms with E-state index in [1.807, 2.05) is 30.3 Å². The van der Waals surface area contributed by atoms with Crippen LogP contribution < -0.4 is 0 Å².